The van der Waals surface area contributed by atoms with Gasteiger partial charge in [0.15, 0.2) is 10.2 Å². The molecule has 0 aromatic rings. The lowest BCUT2D eigenvalue weighted by atomic mass is 9.90. The summed E-state index contributed by atoms with van der Waals surface area (Å²) in [6.07, 6.45) is 3.64. The molecular weight excluding hydrogens is 549 g/mol. The number of rotatable bonds is 16. The van der Waals surface area contributed by atoms with Crippen molar-refractivity contribution in [2.75, 3.05) is 62.3 Å². The van der Waals surface area contributed by atoms with Crippen molar-refractivity contribution < 1.29 is 0 Å². The van der Waals surface area contributed by atoms with Gasteiger partial charge in [-0.15, -0.1) is 0 Å². The molecule has 0 saturated carbocycles. The Balaban J connectivity index is 1.55. The molecule has 2 saturated heterocycles. The summed E-state index contributed by atoms with van der Waals surface area (Å²) >= 11 is 26.6. The maximum Gasteiger partial charge on any atom is 0.176 e. The van der Waals surface area contributed by atoms with Gasteiger partial charge in [-0.2, -0.15) is 23.5 Å². The molecule has 4 nitrogen and oxygen atoms in total. The summed E-state index contributed by atoms with van der Waals surface area (Å²) in [5.41, 5.74) is 0.415. The van der Waals surface area contributed by atoms with E-state index in [1.165, 1.54) is 42.3 Å². The van der Waals surface area contributed by atoms with E-state index in [4.69, 9.17) is 48.9 Å². The third-order valence-electron chi connectivity index (χ3n) is 6.62. The van der Waals surface area contributed by atoms with E-state index < -0.39 is 0 Å². The van der Waals surface area contributed by atoms with Crippen LogP contribution in [0.3, 0.4) is 0 Å². The monoisotopic (exact) mass is 592 g/mol. The van der Waals surface area contributed by atoms with Crippen molar-refractivity contribution in [2.24, 2.45) is 10.8 Å². The Morgan fingerprint density at radius 1 is 0.657 bits per heavy atom. The lowest BCUT2D eigenvalue weighted by Gasteiger charge is -2.31. The minimum absolute atomic E-state index is 0.208. The quantitative estimate of drug-likeness (QED) is 0.152. The first-order chi connectivity index (χ1) is 16.4. The highest BCUT2D eigenvalue weighted by Crippen LogP contribution is 2.29. The summed E-state index contributed by atoms with van der Waals surface area (Å²) in [6, 6.07) is 0. The predicted octanol–water partition coefficient (Wildman–Crippen LogP) is 6.18. The van der Waals surface area contributed by atoms with E-state index >= 15 is 0 Å². The van der Waals surface area contributed by atoms with Crippen LogP contribution in [-0.4, -0.2) is 102 Å². The summed E-state index contributed by atoms with van der Waals surface area (Å²) in [7, 11) is 0. The number of hydrogen-bond acceptors (Lipinski definition) is 6. The first kappa shape index (κ1) is 31.5. The number of likely N-dealkylation sites (N-methyl/N-ethyl adjacent to an activating group) is 2. The summed E-state index contributed by atoms with van der Waals surface area (Å²) in [5.74, 6) is 4.86. The average Bonchev–Trinajstić information content (AvgIpc) is 3.21. The van der Waals surface area contributed by atoms with E-state index in [2.05, 4.69) is 84.7 Å². The van der Waals surface area contributed by atoms with Gasteiger partial charge in [0.05, 0.1) is 13.1 Å². The number of nitrogens with zero attached hydrogens (tertiary/aromatic N) is 4. The topological polar surface area (TPSA) is 13.0 Å². The molecule has 2 rings (SSSR count). The molecule has 0 bridgehead atoms. The van der Waals surface area contributed by atoms with Crippen molar-refractivity contribution in [3.63, 3.8) is 0 Å². The molecule has 35 heavy (non-hydrogen) atoms. The van der Waals surface area contributed by atoms with E-state index in [1.54, 1.807) is 0 Å². The molecule has 2 heterocycles. The minimum atomic E-state index is 0.208. The molecule has 0 aromatic heterocycles. The van der Waals surface area contributed by atoms with Crippen LogP contribution in [0.4, 0.5) is 0 Å². The molecule has 0 aromatic carbocycles. The zero-order valence-corrected chi connectivity index (χ0v) is 27.3. The van der Waals surface area contributed by atoms with Gasteiger partial charge in [0.1, 0.15) is 9.98 Å². The molecule has 0 amide bonds. The predicted molar refractivity (Wildman–Crippen MR) is 174 cm³/mol. The largest absolute Gasteiger partial charge is 0.342 e. The molecule has 0 atom stereocenters. The van der Waals surface area contributed by atoms with Crippen LogP contribution >= 0.6 is 72.4 Å². The minimum Gasteiger partial charge on any atom is -0.342 e. The van der Waals surface area contributed by atoms with Crippen molar-refractivity contribution in [1.82, 2.24) is 19.6 Å². The van der Waals surface area contributed by atoms with Crippen LogP contribution in [0, 0.1) is 10.8 Å². The molecule has 2 fully saturated rings. The lowest BCUT2D eigenvalue weighted by molar-refractivity contribution is 0.299. The van der Waals surface area contributed by atoms with Gasteiger partial charge in [0, 0.05) is 26.2 Å². The summed E-state index contributed by atoms with van der Waals surface area (Å²) in [4.78, 5) is 10.7. The number of hydrogen-bond donors (Lipinski definition) is 0. The molecular formula is C25H44N4S6. The second kappa shape index (κ2) is 14.4. The molecule has 0 aliphatic carbocycles. The average molecular weight is 593 g/mol. The fourth-order valence-corrected chi connectivity index (χ4v) is 8.32. The molecule has 2 aliphatic heterocycles. The molecule has 10 heteroatoms. The van der Waals surface area contributed by atoms with Crippen molar-refractivity contribution in [2.45, 2.75) is 60.8 Å². The fourth-order valence-electron chi connectivity index (χ4n) is 4.17. The van der Waals surface area contributed by atoms with Crippen molar-refractivity contribution in [1.29, 1.82) is 0 Å². The van der Waals surface area contributed by atoms with Crippen LogP contribution in [0.5, 0.6) is 0 Å². The Hall–Kier alpha value is 0.260. The summed E-state index contributed by atoms with van der Waals surface area (Å²) in [6.45, 7) is 19.0. The van der Waals surface area contributed by atoms with Gasteiger partial charge >= 0.3 is 0 Å². The Morgan fingerprint density at radius 3 is 1.34 bits per heavy atom. The maximum atomic E-state index is 5.63. The normalized spacial score (nSPS) is 17.5. The van der Waals surface area contributed by atoms with Gasteiger partial charge in [0.25, 0.3) is 0 Å². The molecule has 2 aliphatic rings. The Morgan fingerprint density at radius 2 is 1.03 bits per heavy atom. The zero-order valence-electron chi connectivity index (χ0n) is 22.4. The third-order valence-corrected chi connectivity index (χ3v) is 10.4. The molecule has 0 radical (unpaired) electrons. The number of thioether (sulfide) groups is 2. The van der Waals surface area contributed by atoms with Crippen molar-refractivity contribution in [3.8, 4) is 0 Å². The highest BCUT2D eigenvalue weighted by molar-refractivity contribution is 8.00. The van der Waals surface area contributed by atoms with E-state index in [-0.39, 0.29) is 10.8 Å². The van der Waals surface area contributed by atoms with Crippen LogP contribution in [0.25, 0.3) is 0 Å². The van der Waals surface area contributed by atoms with Crippen LogP contribution in [0.15, 0.2) is 0 Å². The molecule has 0 spiro atoms. The lowest BCUT2D eigenvalue weighted by Crippen LogP contribution is -2.39. The SMILES string of the molecule is CCN1CC(=S)N(CC(C)(C)CCSCCCSCCC(C)(C)CN2C(=S)CN(CC)C2=S)C1=S. The second-order valence-corrected chi connectivity index (χ2v) is 15.1. The Bertz CT molecular complexity index is 707. The van der Waals surface area contributed by atoms with Gasteiger partial charge in [0.2, 0.25) is 0 Å². The smallest absolute Gasteiger partial charge is 0.176 e. The first-order valence-corrected chi connectivity index (χ1v) is 16.7. The fraction of sp³-hybridized carbons (Fsp3) is 0.840. The molecule has 0 unspecified atom stereocenters. The highest BCUT2D eigenvalue weighted by Gasteiger charge is 2.34. The first-order valence-electron chi connectivity index (χ1n) is 12.7. The van der Waals surface area contributed by atoms with Crippen molar-refractivity contribution >= 4 is 92.6 Å². The van der Waals surface area contributed by atoms with Gasteiger partial charge < -0.3 is 19.6 Å². The van der Waals surface area contributed by atoms with Crippen LogP contribution in [0.2, 0.25) is 0 Å². The summed E-state index contributed by atoms with van der Waals surface area (Å²) < 4.78 is 0. The Labute approximate surface area is 244 Å². The standard InChI is InChI=1S/C25H44N4S6/c1-7-26-16-20(30)28(22(26)32)18-24(3,4)10-14-34-12-9-13-35-15-11-25(5,6)19-29-21(31)17-27(8-2)23(29)33/h7-19H2,1-6H3. The van der Waals surface area contributed by atoms with Crippen LogP contribution in [0.1, 0.15) is 60.8 Å². The molecule has 200 valence electrons. The van der Waals surface area contributed by atoms with E-state index in [1.807, 2.05) is 0 Å². The van der Waals surface area contributed by atoms with Gasteiger partial charge in [-0.05, 0) is 91.4 Å². The van der Waals surface area contributed by atoms with Gasteiger partial charge in [-0.25, -0.2) is 0 Å². The van der Waals surface area contributed by atoms with E-state index in [9.17, 15) is 0 Å². The second-order valence-electron chi connectivity index (χ2n) is 11.0. The summed E-state index contributed by atoms with van der Waals surface area (Å²) in [5, 5.41) is 1.82. The van der Waals surface area contributed by atoms with Gasteiger partial charge in [-0.3, -0.25) is 0 Å². The van der Waals surface area contributed by atoms with Gasteiger partial charge in [-0.1, -0.05) is 52.1 Å². The number of thiocarbonyl (C=S) groups is 4. The van der Waals surface area contributed by atoms with Crippen LogP contribution in [-0.2, 0) is 0 Å². The van der Waals surface area contributed by atoms with E-state index in [0.717, 1.165) is 59.5 Å². The van der Waals surface area contributed by atoms with Crippen molar-refractivity contribution in [3.05, 3.63) is 0 Å². The van der Waals surface area contributed by atoms with E-state index in [0.29, 0.717) is 0 Å². The maximum absolute atomic E-state index is 5.63. The third kappa shape index (κ3) is 9.82. The molecule has 0 N–H and O–H groups in total. The van der Waals surface area contributed by atoms with Crippen LogP contribution < -0.4 is 0 Å². The highest BCUT2D eigenvalue weighted by atomic mass is 32.2. The zero-order chi connectivity index (χ0) is 26.2. The Kier molecular flexibility index (Phi) is 13.0.